The van der Waals surface area contributed by atoms with E-state index in [0.717, 1.165) is 5.82 Å². The van der Waals surface area contributed by atoms with Gasteiger partial charge in [0.15, 0.2) is 0 Å². The molecule has 82 valence electrons. The van der Waals surface area contributed by atoms with E-state index in [-0.39, 0.29) is 10.7 Å². The van der Waals surface area contributed by atoms with E-state index in [1.807, 2.05) is 31.1 Å². The fourth-order valence-electron chi connectivity index (χ4n) is 0.966. The zero-order valence-electron chi connectivity index (χ0n) is 8.99. The first kappa shape index (κ1) is 12.0. The molecule has 15 heavy (non-hydrogen) atoms. The molecule has 0 saturated carbocycles. The minimum Gasteiger partial charge on any atom is -0.363 e. The highest BCUT2D eigenvalue weighted by atomic mass is 79.9. The molecule has 0 aliphatic heterocycles. The molecule has 0 bridgehead atoms. The van der Waals surface area contributed by atoms with E-state index >= 15 is 0 Å². The van der Waals surface area contributed by atoms with E-state index < -0.39 is 0 Å². The number of rotatable bonds is 3. The quantitative estimate of drug-likeness (QED) is 0.854. The van der Waals surface area contributed by atoms with E-state index in [4.69, 9.17) is 0 Å². The van der Waals surface area contributed by atoms with Crippen molar-refractivity contribution in [1.29, 1.82) is 0 Å². The number of pyridine rings is 1. The lowest BCUT2D eigenvalue weighted by atomic mass is 10.3. The number of hydrogen-bond donors (Lipinski definition) is 1. The van der Waals surface area contributed by atoms with Crippen LogP contribution in [0.3, 0.4) is 0 Å². The number of carbonyl (C=O) groups is 1. The molecule has 1 amide bonds. The van der Waals surface area contributed by atoms with Gasteiger partial charge in [-0.3, -0.25) is 4.79 Å². The third kappa shape index (κ3) is 3.51. The van der Waals surface area contributed by atoms with Crippen LogP contribution in [0, 0.1) is 0 Å². The fraction of sp³-hybridized carbons (Fsp3) is 0.400. The summed E-state index contributed by atoms with van der Waals surface area (Å²) in [5.41, 5.74) is 0.705. The smallest absolute Gasteiger partial charge is 0.237 e. The zero-order chi connectivity index (χ0) is 11.4. The van der Waals surface area contributed by atoms with Gasteiger partial charge in [0.1, 0.15) is 5.82 Å². The number of alkyl halides is 1. The van der Waals surface area contributed by atoms with Gasteiger partial charge in [0.05, 0.1) is 16.7 Å². The van der Waals surface area contributed by atoms with E-state index in [0.29, 0.717) is 5.69 Å². The van der Waals surface area contributed by atoms with Crippen molar-refractivity contribution in [3.8, 4) is 0 Å². The van der Waals surface area contributed by atoms with Crippen molar-refractivity contribution >= 4 is 33.3 Å². The van der Waals surface area contributed by atoms with Crippen molar-refractivity contribution < 1.29 is 4.79 Å². The third-order valence-electron chi connectivity index (χ3n) is 1.83. The summed E-state index contributed by atoms with van der Waals surface area (Å²) in [5.74, 6) is 0.786. The summed E-state index contributed by atoms with van der Waals surface area (Å²) in [5, 5.41) is 2.74. The van der Waals surface area contributed by atoms with Gasteiger partial charge in [-0.2, -0.15) is 0 Å². The zero-order valence-corrected chi connectivity index (χ0v) is 10.6. The van der Waals surface area contributed by atoms with Gasteiger partial charge in [0.2, 0.25) is 5.91 Å². The first-order chi connectivity index (χ1) is 7.00. The van der Waals surface area contributed by atoms with Gasteiger partial charge >= 0.3 is 0 Å². The molecular formula is C10H14BrN3O. The molecule has 1 N–H and O–H groups in total. The molecular weight excluding hydrogens is 258 g/mol. The maximum absolute atomic E-state index is 11.3. The molecule has 4 nitrogen and oxygen atoms in total. The van der Waals surface area contributed by atoms with Crippen LogP contribution >= 0.6 is 15.9 Å². The Labute approximate surface area is 97.8 Å². The molecule has 0 fully saturated rings. The van der Waals surface area contributed by atoms with Crippen LogP contribution in [0.25, 0.3) is 0 Å². The highest BCUT2D eigenvalue weighted by Crippen LogP contribution is 2.12. The molecule has 1 atom stereocenters. The van der Waals surface area contributed by atoms with E-state index in [1.54, 1.807) is 13.1 Å². The lowest BCUT2D eigenvalue weighted by Gasteiger charge is -2.12. The van der Waals surface area contributed by atoms with Crippen LogP contribution in [-0.2, 0) is 4.79 Å². The molecule has 0 spiro atoms. The number of carbonyl (C=O) groups excluding carboxylic acids is 1. The van der Waals surface area contributed by atoms with Gasteiger partial charge in [-0.05, 0) is 19.1 Å². The van der Waals surface area contributed by atoms with Crippen LogP contribution in [0.5, 0.6) is 0 Å². The van der Waals surface area contributed by atoms with Gasteiger partial charge in [0, 0.05) is 14.1 Å². The number of amides is 1. The monoisotopic (exact) mass is 271 g/mol. The standard InChI is InChI=1S/C10H14BrN3O/c1-7(11)10(15)13-8-4-5-9(12-6-8)14(2)3/h4-7H,1-3H3,(H,13,15). The number of nitrogens with zero attached hydrogens (tertiary/aromatic N) is 2. The predicted octanol–water partition coefficient (Wildman–Crippen LogP) is 1.87. The maximum Gasteiger partial charge on any atom is 0.237 e. The minimum atomic E-state index is -0.203. The Kier molecular flexibility index (Phi) is 4.08. The van der Waals surface area contributed by atoms with Gasteiger partial charge in [-0.25, -0.2) is 4.98 Å². The van der Waals surface area contributed by atoms with Crippen molar-refractivity contribution in [2.75, 3.05) is 24.3 Å². The molecule has 0 radical (unpaired) electrons. The lowest BCUT2D eigenvalue weighted by Crippen LogP contribution is -2.20. The van der Waals surface area contributed by atoms with Crippen LogP contribution in [0.4, 0.5) is 11.5 Å². The molecule has 1 aromatic rings. The average Bonchev–Trinajstić information content (AvgIpc) is 2.18. The van der Waals surface area contributed by atoms with Gasteiger partial charge in [-0.15, -0.1) is 0 Å². The van der Waals surface area contributed by atoms with Crippen LogP contribution in [0.1, 0.15) is 6.92 Å². The number of nitrogens with one attached hydrogen (secondary N) is 1. The summed E-state index contributed by atoms with van der Waals surface area (Å²) in [6.07, 6.45) is 1.64. The minimum absolute atomic E-state index is 0.0746. The Morgan fingerprint density at radius 1 is 1.53 bits per heavy atom. The molecule has 0 aliphatic carbocycles. The second-order valence-electron chi connectivity index (χ2n) is 3.40. The summed E-state index contributed by atoms with van der Waals surface area (Å²) in [4.78, 5) is 17.2. The fourth-order valence-corrected chi connectivity index (χ4v) is 1.08. The lowest BCUT2D eigenvalue weighted by molar-refractivity contribution is -0.115. The Hall–Kier alpha value is -1.10. The Morgan fingerprint density at radius 3 is 2.60 bits per heavy atom. The van der Waals surface area contributed by atoms with E-state index in [9.17, 15) is 4.79 Å². The largest absolute Gasteiger partial charge is 0.363 e. The predicted molar refractivity (Wildman–Crippen MR) is 65.6 cm³/mol. The Balaban J connectivity index is 2.69. The molecule has 1 rings (SSSR count). The van der Waals surface area contributed by atoms with Crippen LogP contribution < -0.4 is 10.2 Å². The van der Waals surface area contributed by atoms with Crippen molar-refractivity contribution in [1.82, 2.24) is 4.98 Å². The van der Waals surface area contributed by atoms with E-state index in [1.165, 1.54) is 0 Å². The summed E-state index contributed by atoms with van der Waals surface area (Å²) in [7, 11) is 3.84. The van der Waals surface area contributed by atoms with Crippen LogP contribution in [0.2, 0.25) is 0 Å². The Morgan fingerprint density at radius 2 is 2.20 bits per heavy atom. The van der Waals surface area contributed by atoms with Crippen molar-refractivity contribution in [2.24, 2.45) is 0 Å². The van der Waals surface area contributed by atoms with Crippen LogP contribution in [0.15, 0.2) is 18.3 Å². The SMILES string of the molecule is CC(Br)C(=O)Nc1ccc(N(C)C)nc1. The normalized spacial score (nSPS) is 12.0. The van der Waals surface area contributed by atoms with Crippen molar-refractivity contribution in [3.63, 3.8) is 0 Å². The van der Waals surface area contributed by atoms with Gasteiger partial charge < -0.3 is 10.2 Å². The molecule has 1 aromatic heterocycles. The maximum atomic E-state index is 11.3. The van der Waals surface area contributed by atoms with Crippen molar-refractivity contribution in [3.05, 3.63) is 18.3 Å². The summed E-state index contributed by atoms with van der Waals surface area (Å²) < 4.78 is 0. The number of anilines is 2. The van der Waals surface area contributed by atoms with Gasteiger partial charge in [0.25, 0.3) is 0 Å². The summed E-state index contributed by atoms with van der Waals surface area (Å²) in [6.45, 7) is 1.77. The topological polar surface area (TPSA) is 45.2 Å². The molecule has 0 aromatic carbocycles. The number of halogens is 1. The average molecular weight is 272 g/mol. The number of aromatic nitrogens is 1. The van der Waals surface area contributed by atoms with Crippen LogP contribution in [-0.4, -0.2) is 29.8 Å². The summed E-state index contributed by atoms with van der Waals surface area (Å²) >= 11 is 3.19. The van der Waals surface area contributed by atoms with Gasteiger partial charge in [-0.1, -0.05) is 15.9 Å². The second-order valence-corrected chi connectivity index (χ2v) is 4.78. The third-order valence-corrected chi connectivity index (χ3v) is 2.25. The Bertz CT molecular complexity index is 335. The molecule has 1 heterocycles. The van der Waals surface area contributed by atoms with E-state index in [2.05, 4.69) is 26.2 Å². The molecule has 5 heteroatoms. The molecule has 0 saturated heterocycles. The first-order valence-corrected chi connectivity index (χ1v) is 5.50. The molecule has 1 unspecified atom stereocenters. The van der Waals surface area contributed by atoms with Crippen molar-refractivity contribution in [2.45, 2.75) is 11.8 Å². The highest BCUT2D eigenvalue weighted by Gasteiger charge is 2.08. The second kappa shape index (κ2) is 5.11. The number of hydrogen-bond acceptors (Lipinski definition) is 3. The first-order valence-electron chi connectivity index (χ1n) is 4.59. The highest BCUT2D eigenvalue weighted by molar-refractivity contribution is 9.10. The summed E-state index contributed by atoms with van der Waals surface area (Å²) in [6, 6.07) is 3.68. The molecule has 0 aliphatic rings.